The zero-order valence-electron chi connectivity index (χ0n) is 44.0. The molecule has 0 bridgehead atoms. The molecule has 7 heteroatoms. The van der Waals surface area contributed by atoms with Gasteiger partial charge in [-0.05, 0) is 93.8 Å². The summed E-state index contributed by atoms with van der Waals surface area (Å²) in [4.78, 5) is 9.69. The Morgan fingerprint density at radius 3 is 2.05 bits per heavy atom. The van der Waals surface area contributed by atoms with E-state index in [4.69, 9.17) is 22.0 Å². The van der Waals surface area contributed by atoms with Gasteiger partial charge in [0.15, 0.2) is 0 Å². The Balaban J connectivity index is 0.000000321. The Hall–Kier alpha value is -6.37. The van der Waals surface area contributed by atoms with E-state index in [1.165, 1.54) is 11.3 Å². The van der Waals surface area contributed by atoms with Gasteiger partial charge in [0.2, 0.25) is 0 Å². The SMILES string of the molecule is C[Si](C)(C)c1ccc(-c2[c-]cccc2)nc1.[2H]C([2H])([2H])c1c[c-]c(-c2nc3cccc(C([2H])([2H])[2H])c3n2-c2c(C(C)C)cc(-c3ccccc3)cc2C(C)C)c2oc3cc4c(cc3c12)oc1ccccc14.[Ir]. The van der Waals surface area contributed by atoms with Gasteiger partial charge in [-0.2, -0.15) is 0 Å². The fourth-order valence-electron chi connectivity index (χ4n) is 8.88. The van der Waals surface area contributed by atoms with Gasteiger partial charge in [-0.15, -0.1) is 53.6 Å². The molecule has 66 heavy (non-hydrogen) atoms. The molecule has 7 aromatic carbocycles. The zero-order chi connectivity index (χ0) is 50.1. The second-order valence-corrected chi connectivity index (χ2v) is 23.5. The van der Waals surface area contributed by atoms with Crippen LogP contribution in [0.5, 0.6) is 0 Å². The van der Waals surface area contributed by atoms with E-state index in [9.17, 15) is 0 Å². The first-order valence-corrected chi connectivity index (χ1v) is 25.7. The van der Waals surface area contributed by atoms with Crippen LogP contribution in [0.15, 0.2) is 155 Å². The van der Waals surface area contributed by atoms with Gasteiger partial charge < -0.3 is 18.4 Å². The van der Waals surface area contributed by atoms with Gasteiger partial charge in [0, 0.05) is 56.4 Å². The van der Waals surface area contributed by atoms with Crippen molar-refractivity contribution in [2.45, 2.75) is 72.9 Å². The molecule has 0 atom stereocenters. The standard InChI is InChI=1S/C45H37N2O2.C14H16NSi.Ir/c1-25(2)33-21-30(29-14-8-7-9-15-29)22-34(26(3)4)43(33)47-42-28(6)13-12-17-37(42)46-45(47)32-20-19-27(5)41-36-24-39-35(23-40(36)49-44(32)41)31-16-10-11-18-38(31)48-39;1-16(2,3)13-9-10-14(15-11-13)12-7-5-4-6-8-12;/h7-19,21-26H,1-6H3;4-7,9-11H,1-3H3;/q2*-1;/i5D3,6D3;;. The third-order valence-electron chi connectivity index (χ3n) is 12.3. The fourth-order valence-corrected chi connectivity index (χ4v) is 9.92. The maximum absolute atomic E-state index is 8.66. The first kappa shape index (κ1) is 37.8. The molecule has 0 amide bonds. The molecule has 0 spiro atoms. The summed E-state index contributed by atoms with van der Waals surface area (Å²) >= 11 is 0. The number of hydrogen-bond acceptors (Lipinski definition) is 4. The summed E-state index contributed by atoms with van der Waals surface area (Å²) < 4.78 is 66.6. The third kappa shape index (κ3) is 8.04. The number of furan rings is 2. The summed E-state index contributed by atoms with van der Waals surface area (Å²) in [6.07, 6.45) is 2.02. The molecule has 11 rings (SSSR count). The molecule has 0 aliphatic heterocycles. The van der Waals surface area contributed by atoms with E-state index in [0.717, 1.165) is 55.6 Å². The average Bonchev–Trinajstić information content (AvgIpc) is 4.03. The van der Waals surface area contributed by atoms with Gasteiger partial charge in [0.1, 0.15) is 16.7 Å². The van der Waals surface area contributed by atoms with Crippen LogP contribution in [0.1, 0.15) is 70.0 Å². The summed E-state index contributed by atoms with van der Waals surface area (Å²) in [5, 5.41) is 4.16. The van der Waals surface area contributed by atoms with E-state index in [0.29, 0.717) is 49.9 Å². The van der Waals surface area contributed by atoms with Crippen LogP contribution in [0.25, 0.3) is 94.4 Å². The van der Waals surface area contributed by atoms with Crippen molar-refractivity contribution in [2.75, 3.05) is 0 Å². The Morgan fingerprint density at radius 1 is 0.652 bits per heavy atom. The number of rotatable bonds is 7. The minimum absolute atomic E-state index is 0. The summed E-state index contributed by atoms with van der Waals surface area (Å²) in [5.41, 5.74) is 10.8. The molecule has 0 saturated heterocycles. The van der Waals surface area contributed by atoms with Gasteiger partial charge >= 0.3 is 0 Å². The predicted molar refractivity (Wildman–Crippen MR) is 274 cm³/mol. The second-order valence-electron chi connectivity index (χ2n) is 18.4. The molecule has 5 nitrogen and oxygen atoms in total. The van der Waals surface area contributed by atoms with Crippen molar-refractivity contribution in [1.82, 2.24) is 14.5 Å². The van der Waals surface area contributed by atoms with Crippen molar-refractivity contribution in [3.05, 3.63) is 180 Å². The van der Waals surface area contributed by atoms with Crippen LogP contribution in [-0.4, -0.2) is 22.6 Å². The number of hydrogen-bond donors (Lipinski definition) is 0. The number of aromatic nitrogens is 3. The summed E-state index contributed by atoms with van der Waals surface area (Å²) in [7, 11) is -1.23. The number of fused-ring (bicyclic) bond motifs is 7. The second kappa shape index (κ2) is 17.8. The van der Waals surface area contributed by atoms with Crippen molar-refractivity contribution in [2.24, 2.45) is 0 Å². The normalized spacial score (nSPS) is 13.6. The van der Waals surface area contributed by atoms with E-state index in [2.05, 4.69) is 101 Å². The number of aryl methyl sites for hydroxylation is 2. The summed E-state index contributed by atoms with van der Waals surface area (Å²) in [5.74, 6) is 0.456. The van der Waals surface area contributed by atoms with Crippen LogP contribution in [0.4, 0.5) is 0 Å². The maximum Gasteiger partial charge on any atom is 0.136 e. The van der Waals surface area contributed by atoms with Crippen molar-refractivity contribution < 1.29 is 37.2 Å². The van der Waals surface area contributed by atoms with E-state index in [-0.39, 0.29) is 43.1 Å². The maximum atomic E-state index is 8.66. The monoisotopic (exact) mass is 1060 g/mol. The molecular weight excluding hydrogens is 1000 g/mol. The van der Waals surface area contributed by atoms with Crippen molar-refractivity contribution >= 4 is 68.2 Å². The van der Waals surface area contributed by atoms with Crippen LogP contribution >= 0.6 is 0 Å². The largest absolute Gasteiger partial charge is 0.501 e. The summed E-state index contributed by atoms with van der Waals surface area (Å²) in [6.45, 7) is 10.6. The van der Waals surface area contributed by atoms with Gasteiger partial charge in [-0.25, -0.2) is 0 Å². The van der Waals surface area contributed by atoms with Crippen molar-refractivity contribution in [3.63, 3.8) is 0 Å². The molecule has 0 aliphatic carbocycles. The van der Waals surface area contributed by atoms with Crippen LogP contribution in [0.2, 0.25) is 19.6 Å². The van der Waals surface area contributed by atoms with E-state index in [1.807, 2.05) is 95.7 Å². The number of nitrogens with zero attached hydrogens (tertiary/aromatic N) is 3. The van der Waals surface area contributed by atoms with Gasteiger partial charge in [0.05, 0.1) is 30.5 Å². The Labute approximate surface area is 410 Å². The van der Waals surface area contributed by atoms with Gasteiger partial charge in [-0.1, -0.05) is 138 Å². The van der Waals surface area contributed by atoms with E-state index < -0.39 is 21.8 Å². The minimum atomic E-state index is -2.50. The molecule has 0 aliphatic rings. The third-order valence-corrected chi connectivity index (χ3v) is 14.3. The molecular formula is C59H53IrN3O2Si-2. The van der Waals surface area contributed by atoms with Crippen LogP contribution < -0.4 is 5.19 Å². The summed E-state index contributed by atoms with van der Waals surface area (Å²) in [6, 6.07) is 51.5. The molecule has 0 unspecified atom stereocenters. The Morgan fingerprint density at radius 2 is 1.36 bits per heavy atom. The quantitative estimate of drug-likeness (QED) is 0.118. The molecule has 4 heterocycles. The minimum Gasteiger partial charge on any atom is -0.501 e. The Kier molecular flexibility index (Phi) is 10.2. The van der Waals surface area contributed by atoms with E-state index in [1.54, 1.807) is 12.1 Å². The molecule has 331 valence electrons. The fraction of sp³-hybridized carbons (Fsp3) is 0.186. The van der Waals surface area contributed by atoms with Crippen LogP contribution in [-0.2, 0) is 20.1 Å². The molecule has 1 radical (unpaired) electrons. The molecule has 0 saturated carbocycles. The first-order chi connectivity index (χ1) is 33.8. The van der Waals surface area contributed by atoms with Crippen molar-refractivity contribution in [3.8, 4) is 39.5 Å². The Bertz CT molecular complexity index is 3750. The molecule has 0 fully saturated rings. The average molecular weight is 1060 g/mol. The van der Waals surface area contributed by atoms with E-state index >= 15 is 0 Å². The number of pyridine rings is 1. The molecule has 4 aromatic heterocycles. The zero-order valence-corrected chi connectivity index (χ0v) is 41.4. The smallest absolute Gasteiger partial charge is 0.136 e. The number of para-hydroxylation sites is 2. The van der Waals surface area contributed by atoms with Crippen molar-refractivity contribution in [1.29, 1.82) is 0 Å². The topological polar surface area (TPSA) is 57.0 Å². The number of benzene rings is 7. The molecule has 0 N–H and O–H groups in total. The first-order valence-electron chi connectivity index (χ1n) is 25.2. The van der Waals surface area contributed by atoms with Crippen LogP contribution in [0, 0.1) is 25.8 Å². The number of imidazole rings is 1. The van der Waals surface area contributed by atoms with Crippen LogP contribution in [0.3, 0.4) is 0 Å². The molecule has 11 aromatic rings. The van der Waals surface area contributed by atoms with Gasteiger partial charge in [-0.3, -0.25) is 4.98 Å². The van der Waals surface area contributed by atoms with Gasteiger partial charge in [0.25, 0.3) is 0 Å². The predicted octanol–water partition coefficient (Wildman–Crippen LogP) is 15.9.